The van der Waals surface area contributed by atoms with Crippen LogP contribution >= 0.6 is 0 Å². The van der Waals surface area contributed by atoms with Crippen molar-refractivity contribution in [2.45, 2.75) is 12.8 Å². The molecule has 2 saturated heterocycles. The van der Waals surface area contributed by atoms with E-state index in [2.05, 4.69) is 15.1 Å². The molecule has 5 rings (SSSR count). The molecule has 3 aromatic rings. The SMILES string of the molecule is O=C(C1CCCN(c2ccc(-c3ccccc3)nn2)C1)N1CCN(c2ccccc2F)CC1. The number of piperazine rings is 1. The molecule has 33 heavy (non-hydrogen) atoms. The van der Waals surface area contributed by atoms with Gasteiger partial charge in [0, 0.05) is 44.8 Å². The minimum absolute atomic E-state index is 0.0469. The number of carbonyl (C=O) groups is 1. The minimum atomic E-state index is -0.209. The van der Waals surface area contributed by atoms with Crippen LogP contribution in [0.25, 0.3) is 11.3 Å². The highest BCUT2D eigenvalue weighted by molar-refractivity contribution is 5.80. The topological polar surface area (TPSA) is 52.6 Å². The van der Waals surface area contributed by atoms with Gasteiger partial charge in [0.15, 0.2) is 5.82 Å². The molecule has 1 aromatic heterocycles. The van der Waals surface area contributed by atoms with Crippen molar-refractivity contribution in [3.63, 3.8) is 0 Å². The molecule has 0 saturated carbocycles. The van der Waals surface area contributed by atoms with Crippen molar-refractivity contribution in [3.8, 4) is 11.3 Å². The minimum Gasteiger partial charge on any atom is -0.366 e. The third kappa shape index (κ3) is 4.67. The van der Waals surface area contributed by atoms with Crippen LogP contribution in [0.15, 0.2) is 66.7 Å². The van der Waals surface area contributed by atoms with Crippen LogP contribution in [0, 0.1) is 11.7 Å². The van der Waals surface area contributed by atoms with Crippen LogP contribution in [-0.4, -0.2) is 60.3 Å². The van der Waals surface area contributed by atoms with Crippen molar-refractivity contribution in [1.82, 2.24) is 15.1 Å². The molecule has 2 aliphatic rings. The van der Waals surface area contributed by atoms with Crippen LogP contribution in [0.4, 0.5) is 15.9 Å². The molecule has 2 fully saturated rings. The van der Waals surface area contributed by atoms with E-state index in [9.17, 15) is 9.18 Å². The van der Waals surface area contributed by atoms with Gasteiger partial charge in [0.05, 0.1) is 17.3 Å². The third-order valence-electron chi connectivity index (χ3n) is 6.60. The third-order valence-corrected chi connectivity index (χ3v) is 6.60. The normalized spacial score (nSPS) is 18.9. The van der Waals surface area contributed by atoms with Gasteiger partial charge in [-0.1, -0.05) is 42.5 Å². The number of halogens is 1. The number of benzene rings is 2. The van der Waals surface area contributed by atoms with Crippen molar-refractivity contribution < 1.29 is 9.18 Å². The second-order valence-electron chi connectivity index (χ2n) is 8.69. The van der Waals surface area contributed by atoms with Gasteiger partial charge in [0.2, 0.25) is 5.91 Å². The maximum atomic E-state index is 14.1. The molecule has 7 heteroatoms. The summed E-state index contributed by atoms with van der Waals surface area (Å²) in [6, 6.07) is 20.8. The molecule has 0 bridgehead atoms. The van der Waals surface area contributed by atoms with E-state index >= 15 is 0 Å². The molecule has 0 spiro atoms. The maximum Gasteiger partial charge on any atom is 0.227 e. The van der Waals surface area contributed by atoms with Crippen LogP contribution in [0.2, 0.25) is 0 Å². The molecule has 2 aromatic carbocycles. The molecule has 1 amide bonds. The molecule has 0 aliphatic carbocycles. The monoisotopic (exact) mass is 445 g/mol. The van der Waals surface area contributed by atoms with Gasteiger partial charge in [0.25, 0.3) is 0 Å². The predicted octanol–water partition coefficient (Wildman–Crippen LogP) is 3.85. The Balaban J connectivity index is 1.19. The van der Waals surface area contributed by atoms with Crippen molar-refractivity contribution in [2.75, 3.05) is 49.1 Å². The summed E-state index contributed by atoms with van der Waals surface area (Å²) >= 11 is 0. The zero-order chi connectivity index (χ0) is 22.6. The number of para-hydroxylation sites is 1. The molecule has 1 atom stereocenters. The van der Waals surface area contributed by atoms with Gasteiger partial charge in [-0.3, -0.25) is 4.79 Å². The number of rotatable bonds is 4. The van der Waals surface area contributed by atoms with E-state index in [0.29, 0.717) is 38.4 Å². The first-order valence-electron chi connectivity index (χ1n) is 11.6. The molecular weight excluding hydrogens is 417 g/mol. The molecule has 2 aliphatic heterocycles. The van der Waals surface area contributed by atoms with Crippen LogP contribution in [0.1, 0.15) is 12.8 Å². The van der Waals surface area contributed by atoms with E-state index in [1.165, 1.54) is 6.07 Å². The number of hydrogen-bond acceptors (Lipinski definition) is 5. The summed E-state index contributed by atoms with van der Waals surface area (Å²) in [7, 11) is 0. The fourth-order valence-electron chi connectivity index (χ4n) is 4.78. The zero-order valence-corrected chi connectivity index (χ0v) is 18.6. The zero-order valence-electron chi connectivity index (χ0n) is 18.6. The van der Waals surface area contributed by atoms with E-state index < -0.39 is 0 Å². The number of anilines is 2. The first-order chi connectivity index (χ1) is 16.2. The molecular formula is C26H28FN5O. The molecule has 0 radical (unpaired) electrons. The highest BCUT2D eigenvalue weighted by Gasteiger charge is 2.32. The van der Waals surface area contributed by atoms with Gasteiger partial charge < -0.3 is 14.7 Å². The van der Waals surface area contributed by atoms with Crippen LogP contribution in [0.3, 0.4) is 0 Å². The van der Waals surface area contributed by atoms with E-state index in [1.54, 1.807) is 12.1 Å². The summed E-state index contributed by atoms with van der Waals surface area (Å²) in [5.41, 5.74) is 2.50. The van der Waals surface area contributed by atoms with E-state index in [1.807, 2.05) is 58.3 Å². The van der Waals surface area contributed by atoms with Gasteiger partial charge in [0.1, 0.15) is 5.82 Å². The van der Waals surface area contributed by atoms with Gasteiger partial charge in [-0.05, 0) is 37.1 Å². The quantitative estimate of drug-likeness (QED) is 0.611. The number of amides is 1. The summed E-state index contributed by atoms with van der Waals surface area (Å²) < 4.78 is 14.1. The molecule has 6 nitrogen and oxygen atoms in total. The Hall–Kier alpha value is -3.48. The Morgan fingerprint density at radius 3 is 2.30 bits per heavy atom. The number of aromatic nitrogens is 2. The Bertz CT molecular complexity index is 1080. The second kappa shape index (κ2) is 9.57. The summed E-state index contributed by atoms with van der Waals surface area (Å²) in [5, 5.41) is 8.85. The van der Waals surface area contributed by atoms with Gasteiger partial charge in [-0.2, -0.15) is 0 Å². The number of piperidine rings is 1. The van der Waals surface area contributed by atoms with E-state index in [4.69, 9.17) is 0 Å². The smallest absolute Gasteiger partial charge is 0.227 e. The fraction of sp³-hybridized carbons (Fsp3) is 0.346. The Kier molecular flexibility index (Phi) is 6.19. The van der Waals surface area contributed by atoms with E-state index in [-0.39, 0.29) is 17.6 Å². The molecule has 170 valence electrons. The molecule has 1 unspecified atom stereocenters. The Labute approximate surface area is 193 Å². The standard InChI is InChI=1S/C26H28FN5O/c27-22-10-4-5-11-24(22)30-15-17-31(18-16-30)26(33)21-9-6-14-32(19-21)25-13-12-23(28-29-25)20-7-2-1-3-8-20/h1-5,7-8,10-13,21H,6,9,14-19H2. The Morgan fingerprint density at radius 1 is 0.818 bits per heavy atom. The van der Waals surface area contributed by atoms with Gasteiger partial charge >= 0.3 is 0 Å². The lowest BCUT2D eigenvalue weighted by Crippen LogP contribution is -2.52. The highest BCUT2D eigenvalue weighted by Crippen LogP contribution is 2.26. The summed E-state index contributed by atoms with van der Waals surface area (Å²) in [6.07, 6.45) is 1.84. The number of hydrogen-bond donors (Lipinski definition) is 0. The fourth-order valence-corrected chi connectivity index (χ4v) is 4.78. The Morgan fingerprint density at radius 2 is 1.58 bits per heavy atom. The van der Waals surface area contributed by atoms with Crippen LogP contribution < -0.4 is 9.80 Å². The van der Waals surface area contributed by atoms with Crippen LogP contribution in [0.5, 0.6) is 0 Å². The first-order valence-corrected chi connectivity index (χ1v) is 11.6. The largest absolute Gasteiger partial charge is 0.366 e. The number of carbonyl (C=O) groups excluding carboxylic acids is 1. The lowest BCUT2D eigenvalue weighted by atomic mass is 9.96. The van der Waals surface area contributed by atoms with Gasteiger partial charge in [-0.15, -0.1) is 10.2 Å². The lowest BCUT2D eigenvalue weighted by molar-refractivity contribution is -0.136. The predicted molar refractivity (Wildman–Crippen MR) is 128 cm³/mol. The van der Waals surface area contributed by atoms with Crippen molar-refractivity contribution in [1.29, 1.82) is 0 Å². The van der Waals surface area contributed by atoms with Crippen molar-refractivity contribution in [3.05, 3.63) is 72.5 Å². The summed E-state index contributed by atoms with van der Waals surface area (Å²) in [6.45, 7) is 4.07. The molecule has 3 heterocycles. The molecule has 0 N–H and O–H groups in total. The lowest BCUT2D eigenvalue weighted by Gasteiger charge is -2.40. The average Bonchev–Trinajstić information content (AvgIpc) is 2.89. The van der Waals surface area contributed by atoms with E-state index in [0.717, 1.165) is 36.5 Å². The second-order valence-corrected chi connectivity index (χ2v) is 8.69. The highest BCUT2D eigenvalue weighted by atomic mass is 19.1. The van der Waals surface area contributed by atoms with Gasteiger partial charge in [-0.25, -0.2) is 4.39 Å². The average molecular weight is 446 g/mol. The first kappa shape index (κ1) is 21.4. The van der Waals surface area contributed by atoms with Crippen LogP contribution in [-0.2, 0) is 4.79 Å². The number of nitrogens with zero attached hydrogens (tertiary/aromatic N) is 5. The van der Waals surface area contributed by atoms with Crippen molar-refractivity contribution >= 4 is 17.4 Å². The maximum absolute atomic E-state index is 14.1. The van der Waals surface area contributed by atoms with Crippen molar-refractivity contribution in [2.24, 2.45) is 5.92 Å². The summed E-state index contributed by atoms with van der Waals surface area (Å²) in [5.74, 6) is 0.757. The summed E-state index contributed by atoms with van der Waals surface area (Å²) in [4.78, 5) is 19.4.